The number of hydrogen-bond acceptors (Lipinski definition) is 1. The molecule has 1 aliphatic carbocycles. The molecule has 2 heteroatoms. The van der Waals surface area contributed by atoms with Crippen molar-refractivity contribution < 1.29 is 4.43 Å². The Morgan fingerprint density at radius 2 is 2.10 bits per heavy atom. The molecule has 1 nitrogen and oxygen atoms in total. The molecule has 0 saturated carbocycles. The zero-order chi connectivity index (χ0) is 7.61. The summed E-state index contributed by atoms with van der Waals surface area (Å²) in [4.78, 5) is 0. The van der Waals surface area contributed by atoms with Crippen molar-refractivity contribution in [2.75, 3.05) is 0 Å². The Morgan fingerprint density at radius 3 is 2.50 bits per heavy atom. The minimum atomic E-state index is -1.27. The van der Waals surface area contributed by atoms with E-state index in [9.17, 15) is 0 Å². The highest BCUT2D eigenvalue weighted by Gasteiger charge is 2.20. The lowest BCUT2D eigenvalue weighted by Crippen LogP contribution is -2.30. The van der Waals surface area contributed by atoms with Crippen molar-refractivity contribution in [3.8, 4) is 0 Å². The fourth-order valence-electron chi connectivity index (χ4n) is 1.16. The molecular formula is C8H16OSi. The van der Waals surface area contributed by atoms with E-state index < -0.39 is 8.32 Å². The number of allylic oxidation sites excluding steroid dienone is 1. The fourth-order valence-corrected chi connectivity index (χ4v) is 2.26. The van der Waals surface area contributed by atoms with Gasteiger partial charge in [-0.05, 0) is 32.5 Å². The van der Waals surface area contributed by atoms with E-state index in [0.717, 1.165) is 0 Å². The van der Waals surface area contributed by atoms with Gasteiger partial charge >= 0.3 is 0 Å². The van der Waals surface area contributed by atoms with Gasteiger partial charge in [0.2, 0.25) is 0 Å². The Bertz CT molecular complexity index is 135. The van der Waals surface area contributed by atoms with Crippen molar-refractivity contribution in [2.45, 2.75) is 38.6 Å². The van der Waals surface area contributed by atoms with Gasteiger partial charge in [0.05, 0.1) is 6.10 Å². The van der Waals surface area contributed by atoms with E-state index in [4.69, 9.17) is 4.43 Å². The molecule has 1 atom stereocenters. The van der Waals surface area contributed by atoms with Crippen LogP contribution in [-0.4, -0.2) is 14.4 Å². The van der Waals surface area contributed by atoms with Gasteiger partial charge in [-0.3, -0.25) is 0 Å². The van der Waals surface area contributed by atoms with Crippen molar-refractivity contribution >= 4 is 8.32 Å². The monoisotopic (exact) mass is 156 g/mol. The Hall–Kier alpha value is -0.0831. The van der Waals surface area contributed by atoms with E-state index in [1.807, 2.05) is 0 Å². The van der Waals surface area contributed by atoms with Crippen LogP contribution in [0.25, 0.3) is 0 Å². The van der Waals surface area contributed by atoms with Crippen molar-refractivity contribution in [1.29, 1.82) is 0 Å². The summed E-state index contributed by atoms with van der Waals surface area (Å²) in [5, 5.41) is 0. The Morgan fingerprint density at radius 1 is 1.40 bits per heavy atom. The molecule has 1 rings (SSSR count). The number of hydrogen-bond donors (Lipinski definition) is 0. The highest BCUT2D eigenvalue weighted by Crippen LogP contribution is 2.17. The van der Waals surface area contributed by atoms with Crippen molar-refractivity contribution in [1.82, 2.24) is 0 Å². The van der Waals surface area contributed by atoms with Crippen LogP contribution in [0.15, 0.2) is 12.2 Å². The maximum Gasteiger partial charge on any atom is 0.184 e. The first-order valence-electron chi connectivity index (χ1n) is 3.92. The molecule has 0 bridgehead atoms. The lowest BCUT2D eigenvalue weighted by Gasteiger charge is -2.21. The van der Waals surface area contributed by atoms with Gasteiger partial charge in [0.15, 0.2) is 8.32 Å². The summed E-state index contributed by atoms with van der Waals surface area (Å²) >= 11 is 0. The highest BCUT2D eigenvalue weighted by atomic mass is 28.4. The van der Waals surface area contributed by atoms with Crippen LogP contribution in [0.2, 0.25) is 19.6 Å². The van der Waals surface area contributed by atoms with E-state index in [2.05, 4.69) is 31.8 Å². The molecule has 0 aromatic carbocycles. The standard InChI is InChI=1S/C8H16OSi/c1-10(2,3)9-8-6-4-5-7-8/h4,6,8H,5,7H2,1-3H3/t8-/m1/s1. The molecule has 0 aromatic rings. The lowest BCUT2D eigenvalue weighted by molar-refractivity contribution is 0.241. The van der Waals surface area contributed by atoms with E-state index >= 15 is 0 Å². The molecule has 0 saturated heterocycles. The van der Waals surface area contributed by atoms with Crippen LogP contribution in [0.1, 0.15) is 12.8 Å². The Balaban J connectivity index is 2.31. The first kappa shape index (κ1) is 8.02. The molecule has 1 aliphatic rings. The van der Waals surface area contributed by atoms with E-state index in [1.165, 1.54) is 12.8 Å². The molecule has 10 heavy (non-hydrogen) atoms. The molecule has 58 valence electrons. The number of rotatable bonds is 2. The van der Waals surface area contributed by atoms with Crippen LogP contribution >= 0.6 is 0 Å². The van der Waals surface area contributed by atoms with Crippen LogP contribution in [-0.2, 0) is 4.43 Å². The third-order valence-corrected chi connectivity index (χ3v) is 2.48. The largest absolute Gasteiger partial charge is 0.411 e. The third kappa shape index (κ3) is 2.67. The predicted octanol–water partition coefficient (Wildman–Crippen LogP) is 2.56. The second-order valence-electron chi connectivity index (χ2n) is 3.77. The SMILES string of the molecule is C[Si](C)(C)O[C@@H]1C=CCC1. The first-order chi connectivity index (χ1) is 4.58. The van der Waals surface area contributed by atoms with Crippen molar-refractivity contribution in [2.24, 2.45) is 0 Å². The molecule has 0 aromatic heterocycles. The minimum absolute atomic E-state index is 0.437. The zero-order valence-electron chi connectivity index (χ0n) is 7.05. The van der Waals surface area contributed by atoms with Crippen LogP contribution in [0, 0.1) is 0 Å². The quantitative estimate of drug-likeness (QED) is 0.441. The second-order valence-corrected chi connectivity index (χ2v) is 8.23. The van der Waals surface area contributed by atoms with E-state index in [0.29, 0.717) is 6.10 Å². The molecule has 0 amide bonds. The third-order valence-electron chi connectivity index (χ3n) is 1.47. The van der Waals surface area contributed by atoms with Crippen LogP contribution in [0.5, 0.6) is 0 Å². The minimum Gasteiger partial charge on any atom is -0.411 e. The highest BCUT2D eigenvalue weighted by molar-refractivity contribution is 6.69. The maximum absolute atomic E-state index is 5.85. The average Bonchev–Trinajstić information content (AvgIpc) is 2.12. The van der Waals surface area contributed by atoms with Gasteiger partial charge in [-0.15, -0.1) is 0 Å². The van der Waals surface area contributed by atoms with Gasteiger partial charge in [0.1, 0.15) is 0 Å². The lowest BCUT2D eigenvalue weighted by atomic mass is 10.3. The molecule has 0 aliphatic heterocycles. The molecule has 0 fully saturated rings. The smallest absolute Gasteiger partial charge is 0.184 e. The molecule has 0 spiro atoms. The van der Waals surface area contributed by atoms with Gasteiger partial charge in [0, 0.05) is 0 Å². The summed E-state index contributed by atoms with van der Waals surface area (Å²) in [6.45, 7) is 6.71. The fraction of sp³-hybridized carbons (Fsp3) is 0.750. The van der Waals surface area contributed by atoms with Gasteiger partial charge in [0.25, 0.3) is 0 Å². The van der Waals surface area contributed by atoms with Crippen molar-refractivity contribution in [3.05, 3.63) is 12.2 Å². The predicted molar refractivity (Wildman–Crippen MR) is 46.6 cm³/mol. The van der Waals surface area contributed by atoms with Crippen LogP contribution in [0.3, 0.4) is 0 Å². The zero-order valence-corrected chi connectivity index (χ0v) is 8.05. The molecule has 0 heterocycles. The summed E-state index contributed by atoms with van der Waals surface area (Å²) in [6.07, 6.45) is 7.24. The second kappa shape index (κ2) is 2.89. The summed E-state index contributed by atoms with van der Waals surface area (Å²) in [5.74, 6) is 0. The summed E-state index contributed by atoms with van der Waals surface area (Å²) in [6, 6.07) is 0. The van der Waals surface area contributed by atoms with Crippen molar-refractivity contribution in [3.63, 3.8) is 0 Å². The topological polar surface area (TPSA) is 9.23 Å². The Labute approximate surface area is 64.2 Å². The first-order valence-corrected chi connectivity index (χ1v) is 7.33. The van der Waals surface area contributed by atoms with Gasteiger partial charge in [-0.1, -0.05) is 12.2 Å². The Kier molecular flexibility index (Phi) is 2.31. The van der Waals surface area contributed by atoms with E-state index in [-0.39, 0.29) is 0 Å². The average molecular weight is 156 g/mol. The summed E-state index contributed by atoms with van der Waals surface area (Å²) < 4.78 is 5.85. The molecule has 0 unspecified atom stereocenters. The molecular weight excluding hydrogens is 140 g/mol. The van der Waals surface area contributed by atoms with Crippen LogP contribution in [0.4, 0.5) is 0 Å². The normalized spacial score (nSPS) is 25.7. The van der Waals surface area contributed by atoms with Gasteiger partial charge < -0.3 is 4.43 Å². The van der Waals surface area contributed by atoms with E-state index in [1.54, 1.807) is 0 Å². The summed E-state index contributed by atoms with van der Waals surface area (Å²) in [5.41, 5.74) is 0. The summed E-state index contributed by atoms with van der Waals surface area (Å²) in [7, 11) is -1.27. The molecule has 0 N–H and O–H groups in total. The van der Waals surface area contributed by atoms with Gasteiger partial charge in [-0.25, -0.2) is 0 Å². The van der Waals surface area contributed by atoms with Gasteiger partial charge in [-0.2, -0.15) is 0 Å². The maximum atomic E-state index is 5.85. The van der Waals surface area contributed by atoms with Crippen LogP contribution < -0.4 is 0 Å². The molecule has 0 radical (unpaired) electrons.